The first-order valence-corrected chi connectivity index (χ1v) is 9.49. The van der Waals surface area contributed by atoms with E-state index in [4.69, 9.17) is 0 Å². The maximum atomic E-state index is 4.35. The van der Waals surface area contributed by atoms with E-state index in [1.165, 1.54) is 24.9 Å². The molecule has 2 unspecified atom stereocenters. The van der Waals surface area contributed by atoms with E-state index in [0.717, 1.165) is 32.0 Å². The highest BCUT2D eigenvalue weighted by Crippen LogP contribution is 2.13. The predicted octanol–water partition coefficient (Wildman–Crippen LogP) is 2.16. The maximum absolute atomic E-state index is 4.35. The molecule has 0 aromatic heterocycles. The topological polar surface area (TPSA) is 42.9 Å². The normalized spacial score (nSPS) is 20.0. The number of nitrogens with zero attached hydrogens (tertiary/aromatic N) is 3. The molecule has 1 aliphatic rings. The van der Waals surface area contributed by atoms with Crippen LogP contribution in [0.1, 0.15) is 31.7 Å². The summed E-state index contributed by atoms with van der Waals surface area (Å²) in [4.78, 5) is 9.18. The van der Waals surface area contributed by atoms with Crippen LogP contribution in [0.2, 0.25) is 0 Å². The lowest BCUT2D eigenvalue weighted by molar-refractivity contribution is 0.238. The highest BCUT2D eigenvalue weighted by atomic mass is 15.2. The van der Waals surface area contributed by atoms with Gasteiger partial charge in [0.2, 0.25) is 0 Å². The Kier molecular flexibility index (Phi) is 8.22. The van der Waals surface area contributed by atoms with E-state index in [9.17, 15) is 0 Å². The molecule has 0 radical (unpaired) electrons. The van der Waals surface area contributed by atoms with Crippen LogP contribution in [0.3, 0.4) is 0 Å². The van der Waals surface area contributed by atoms with Crippen LogP contribution in [0.4, 0.5) is 0 Å². The molecule has 0 bridgehead atoms. The van der Waals surface area contributed by atoms with Gasteiger partial charge in [0, 0.05) is 38.8 Å². The lowest BCUT2D eigenvalue weighted by atomic mass is 10.1. The summed E-state index contributed by atoms with van der Waals surface area (Å²) >= 11 is 0. The average molecular weight is 346 g/mol. The van der Waals surface area contributed by atoms with Gasteiger partial charge in [0.05, 0.1) is 0 Å². The van der Waals surface area contributed by atoms with Gasteiger partial charge in [0.1, 0.15) is 0 Å². The summed E-state index contributed by atoms with van der Waals surface area (Å²) in [5.74, 6) is 0.915. The van der Waals surface area contributed by atoms with Crippen LogP contribution >= 0.6 is 0 Å². The molecule has 1 aromatic carbocycles. The molecule has 2 N–H and O–H groups in total. The molecule has 1 fully saturated rings. The third kappa shape index (κ3) is 6.67. The standard InChI is InChI=1S/C20H35N5/c1-17(25(4)16-18-9-6-5-7-10-18)12-13-22-20(21-2)23-15-19-11-8-14-24(19)3/h5-7,9-10,17,19H,8,11-16H2,1-4H3,(H2,21,22,23). The van der Waals surface area contributed by atoms with Crippen LogP contribution in [-0.2, 0) is 6.54 Å². The Morgan fingerprint density at radius 1 is 1.32 bits per heavy atom. The second kappa shape index (κ2) is 10.4. The minimum Gasteiger partial charge on any atom is -0.356 e. The molecule has 0 saturated carbocycles. The first-order valence-electron chi connectivity index (χ1n) is 9.49. The molecular weight excluding hydrogens is 310 g/mol. The fourth-order valence-corrected chi connectivity index (χ4v) is 3.32. The van der Waals surface area contributed by atoms with Crippen molar-refractivity contribution in [3.63, 3.8) is 0 Å². The quantitative estimate of drug-likeness (QED) is 0.560. The largest absolute Gasteiger partial charge is 0.356 e. The van der Waals surface area contributed by atoms with Crippen LogP contribution in [0.5, 0.6) is 0 Å². The van der Waals surface area contributed by atoms with E-state index >= 15 is 0 Å². The molecule has 2 atom stereocenters. The van der Waals surface area contributed by atoms with Gasteiger partial charge in [-0.2, -0.15) is 0 Å². The minimum atomic E-state index is 0.520. The van der Waals surface area contributed by atoms with Crippen molar-refractivity contribution in [2.24, 2.45) is 4.99 Å². The fraction of sp³-hybridized carbons (Fsp3) is 0.650. The second-order valence-electron chi connectivity index (χ2n) is 7.19. The lowest BCUT2D eigenvalue weighted by Crippen LogP contribution is -2.45. The van der Waals surface area contributed by atoms with Crippen LogP contribution in [0.15, 0.2) is 35.3 Å². The van der Waals surface area contributed by atoms with Gasteiger partial charge in [-0.25, -0.2) is 0 Å². The summed E-state index contributed by atoms with van der Waals surface area (Å²) in [5.41, 5.74) is 1.36. The summed E-state index contributed by atoms with van der Waals surface area (Å²) in [5, 5.41) is 6.92. The molecule has 0 aliphatic carbocycles. The van der Waals surface area contributed by atoms with Gasteiger partial charge >= 0.3 is 0 Å². The highest BCUT2D eigenvalue weighted by Gasteiger charge is 2.20. The lowest BCUT2D eigenvalue weighted by Gasteiger charge is -2.25. The van der Waals surface area contributed by atoms with Crippen molar-refractivity contribution in [2.45, 2.75) is 44.8 Å². The van der Waals surface area contributed by atoms with Gasteiger partial charge < -0.3 is 15.5 Å². The van der Waals surface area contributed by atoms with Crippen molar-refractivity contribution in [1.82, 2.24) is 20.4 Å². The molecule has 0 amide bonds. The predicted molar refractivity (Wildman–Crippen MR) is 107 cm³/mol. The third-order valence-corrected chi connectivity index (χ3v) is 5.28. The number of guanidine groups is 1. The van der Waals surface area contributed by atoms with Gasteiger partial charge in [0.15, 0.2) is 5.96 Å². The first-order chi connectivity index (χ1) is 12.1. The Labute approximate surface area is 153 Å². The van der Waals surface area contributed by atoms with Crippen molar-refractivity contribution in [1.29, 1.82) is 0 Å². The van der Waals surface area contributed by atoms with Crippen LogP contribution in [0, 0.1) is 0 Å². The maximum Gasteiger partial charge on any atom is 0.191 e. The van der Waals surface area contributed by atoms with Crippen LogP contribution in [-0.4, -0.2) is 68.6 Å². The fourth-order valence-electron chi connectivity index (χ4n) is 3.32. The van der Waals surface area contributed by atoms with E-state index in [1.54, 1.807) is 0 Å². The number of rotatable bonds is 8. The van der Waals surface area contributed by atoms with Crippen molar-refractivity contribution >= 4 is 5.96 Å². The molecule has 5 heteroatoms. The van der Waals surface area contributed by atoms with Crippen molar-refractivity contribution in [2.75, 3.05) is 40.8 Å². The summed E-state index contributed by atoms with van der Waals surface area (Å²) < 4.78 is 0. The molecule has 2 rings (SSSR count). The Balaban J connectivity index is 1.65. The number of likely N-dealkylation sites (N-methyl/N-ethyl adjacent to an activating group) is 1. The zero-order valence-corrected chi connectivity index (χ0v) is 16.3. The SMILES string of the molecule is CN=C(NCCC(C)N(C)Cc1ccccc1)NCC1CCCN1C. The van der Waals surface area contributed by atoms with E-state index in [0.29, 0.717) is 12.1 Å². The van der Waals surface area contributed by atoms with Crippen molar-refractivity contribution in [3.05, 3.63) is 35.9 Å². The minimum absolute atomic E-state index is 0.520. The monoisotopic (exact) mass is 345 g/mol. The molecular formula is C20H35N5. The van der Waals surface area contributed by atoms with Gasteiger partial charge in [-0.1, -0.05) is 30.3 Å². The zero-order chi connectivity index (χ0) is 18.1. The molecule has 140 valence electrons. The Bertz CT molecular complexity index is 516. The van der Waals surface area contributed by atoms with Crippen molar-refractivity contribution in [3.8, 4) is 0 Å². The smallest absolute Gasteiger partial charge is 0.191 e. The highest BCUT2D eigenvalue weighted by molar-refractivity contribution is 5.79. The van der Waals surface area contributed by atoms with Crippen LogP contribution < -0.4 is 10.6 Å². The molecule has 25 heavy (non-hydrogen) atoms. The number of hydrogen-bond donors (Lipinski definition) is 2. The number of nitrogens with one attached hydrogen (secondary N) is 2. The van der Waals surface area contributed by atoms with Crippen LogP contribution in [0.25, 0.3) is 0 Å². The third-order valence-electron chi connectivity index (χ3n) is 5.28. The average Bonchev–Trinajstić information content (AvgIpc) is 3.03. The summed E-state index contributed by atoms with van der Waals surface area (Å²) in [6.45, 7) is 6.39. The summed E-state index contributed by atoms with van der Waals surface area (Å²) in [6, 6.07) is 11.8. The van der Waals surface area contributed by atoms with Gasteiger partial charge in [-0.05, 0) is 52.4 Å². The van der Waals surface area contributed by atoms with E-state index in [1.807, 2.05) is 7.05 Å². The summed E-state index contributed by atoms with van der Waals surface area (Å²) in [6.07, 6.45) is 3.68. The second-order valence-corrected chi connectivity index (χ2v) is 7.19. The van der Waals surface area contributed by atoms with E-state index in [2.05, 4.69) is 76.8 Å². The summed E-state index contributed by atoms with van der Waals surface area (Å²) in [7, 11) is 6.25. The van der Waals surface area contributed by atoms with Gasteiger partial charge in [-0.15, -0.1) is 0 Å². The number of hydrogen-bond acceptors (Lipinski definition) is 3. The first kappa shape index (κ1) is 19.7. The number of benzene rings is 1. The molecule has 1 aromatic rings. The Hall–Kier alpha value is -1.59. The van der Waals surface area contributed by atoms with Crippen molar-refractivity contribution < 1.29 is 0 Å². The Morgan fingerprint density at radius 2 is 2.08 bits per heavy atom. The number of likely N-dealkylation sites (tertiary alicyclic amines) is 1. The molecule has 0 spiro atoms. The van der Waals surface area contributed by atoms with E-state index < -0.39 is 0 Å². The Morgan fingerprint density at radius 3 is 2.72 bits per heavy atom. The molecule has 5 nitrogen and oxygen atoms in total. The molecule has 1 saturated heterocycles. The molecule has 1 heterocycles. The van der Waals surface area contributed by atoms with E-state index in [-0.39, 0.29) is 0 Å². The number of aliphatic imine (C=N–C) groups is 1. The van der Waals surface area contributed by atoms with Gasteiger partial charge in [-0.3, -0.25) is 9.89 Å². The van der Waals surface area contributed by atoms with Gasteiger partial charge in [0.25, 0.3) is 0 Å². The zero-order valence-electron chi connectivity index (χ0n) is 16.3. The molecule has 1 aliphatic heterocycles.